The summed E-state index contributed by atoms with van der Waals surface area (Å²) in [4.78, 5) is 39.1. The highest BCUT2D eigenvalue weighted by molar-refractivity contribution is 8.01. The predicted molar refractivity (Wildman–Crippen MR) is 127 cm³/mol. The number of rotatable bonds is 10. The van der Waals surface area contributed by atoms with Gasteiger partial charge in [-0.25, -0.2) is 0 Å². The van der Waals surface area contributed by atoms with E-state index < -0.39 is 5.25 Å². The smallest absolute Gasteiger partial charge is 0.265 e. The molecule has 0 spiro atoms. The second-order valence-electron chi connectivity index (χ2n) is 7.34. The lowest BCUT2D eigenvalue weighted by molar-refractivity contribution is -0.121. The van der Waals surface area contributed by atoms with E-state index in [1.807, 2.05) is 13.8 Å². The highest BCUT2D eigenvalue weighted by Crippen LogP contribution is 2.34. The molecule has 1 aliphatic rings. The van der Waals surface area contributed by atoms with Crippen molar-refractivity contribution in [1.82, 2.24) is 0 Å². The average molecular weight is 457 g/mol. The number of thioether (sulfide) groups is 1. The van der Waals surface area contributed by atoms with Crippen molar-refractivity contribution in [3.63, 3.8) is 0 Å². The Labute approximate surface area is 192 Å². The third-order valence-electron chi connectivity index (χ3n) is 4.92. The summed E-state index contributed by atoms with van der Waals surface area (Å²) in [5.74, 6) is 1.10. The van der Waals surface area contributed by atoms with Gasteiger partial charge in [0.2, 0.25) is 5.91 Å². The van der Waals surface area contributed by atoms with Gasteiger partial charge in [-0.05, 0) is 62.7 Å². The fourth-order valence-electron chi connectivity index (χ4n) is 3.33. The van der Waals surface area contributed by atoms with Crippen LogP contribution in [-0.4, -0.2) is 48.4 Å². The van der Waals surface area contributed by atoms with Crippen molar-refractivity contribution in [2.45, 2.75) is 32.4 Å². The van der Waals surface area contributed by atoms with Gasteiger partial charge in [0.1, 0.15) is 11.5 Å². The molecule has 0 bridgehead atoms. The Balaban J connectivity index is 1.58. The summed E-state index contributed by atoms with van der Waals surface area (Å²) in [6.45, 7) is 6.85. The van der Waals surface area contributed by atoms with Crippen molar-refractivity contribution in [2.24, 2.45) is 0 Å². The van der Waals surface area contributed by atoms with Gasteiger partial charge < -0.3 is 19.7 Å². The van der Waals surface area contributed by atoms with E-state index >= 15 is 0 Å². The zero-order valence-electron chi connectivity index (χ0n) is 18.6. The lowest BCUT2D eigenvalue weighted by atomic mass is 10.1. The molecule has 0 fully saturated rings. The number of carbonyl (C=O) groups excluding carboxylic acids is 3. The molecule has 0 saturated carbocycles. The van der Waals surface area contributed by atoms with Crippen molar-refractivity contribution < 1.29 is 23.9 Å². The molecule has 0 aliphatic carbocycles. The molecule has 0 radical (unpaired) electrons. The number of amides is 2. The van der Waals surface area contributed by atoms with Gasteiger partial charge in [0, 0.05) is 17.8 Å². The van der Waals surface area contributed by atoms with Gasteiger partial charge in [-0.15, -0.1) is 11.8 Å². The number of fused-ring (bicyclic) bond motifs is 1. The Morgan fingerprint density at radius 1 is 1.19 bits per heavy atom. The Hall–Kier alpha value is -3.00. The van der Waals surface area contributed by atoms with Crippen LogP contribution in [0.4, 0.5) is 11.4 Å². The zero-order chi connectivity index (χ0) is 23.1. The number of hydrogen-bond acceptors (Lipinski definition) is 6. The number of anilines is 2. The molecule has 32 heavy (non-hydrogen) atoms. The van der Waals surface area contributed by atoms with Crippen LogP contribution >= 0.6 is 11.8 Å². The lowest BCUT2D eigenvalue weighted by Crippen LogP contribution is -2.39. The second kappa shape index (κ2) is 11.0. The number of ketones is 1. The topological polar surface area (TPSA) is 84.9 Å². The highest BCUT2D eigenvalue weighted by Gasteiger charge is 2.27. The molecule has 1 aliphatic heterocycles. The first-order valence-corrected chi connectivity index (χ1v) is 11.7. The van der Waals surface area contributed by atoms with E-state index in [9.17, 15) is 14.4 Å². The van der Waals surface area contributed by atoms with Crippen LogP contribution in [0.25, 0.3) is 0 Å². The van der Waals surface area contributed by atoms with Crippen molar-refractivity contribution in [3.8, 4) is 11.5 Å². The van der Waals surface area contributed by atoms with Gasteiger partial charge in [-0.3, -0.25) is 14.4 Å². The molecule has 3 rings (SSSR count). The van der Waals surface area contributed by atoms with Crippen molar-refractivity contribution >= 4 is 40.7 Å². The predicted octanol–water partition coefficient (Wildman–Crippen LogP) is 4.16. The van der Waals surface area contributed by atoms with E-state index in [0.29, 0.717) is 35.8 Å². The van der Waals surface area contributed by atoms with Crippen molar-refractivity contribution in [1.29, 1.82) is 0 Å². The number of carbonyl (C=O) groups is 3. The minimum atomic E-state index is -0.418. The number of Topliss-reactive ketones (excluding diaryl/α,β-unsaturated/α-hetero) is 1. The molecule has 2 aromatic carbocycles. The number of hydrogen-bond donors (Lipinski definition) is 1. The van der Waals surface area contributed by atoms with Gasteiger partial charge in [0.15, 0.2) is 12.4 Å². The largest absolute Gasteiger partial charge is 0.494 e. The molecule has 8 heteroatoms. The summed E-state index contributed by atoms with van der Waals surface area (Å²) < 4.78 is 10.9. The Morgan fingerprint density at radius 3 is 2.62 bits per heavy atom. The number of nitrogens with one attached hydrogen (secondary N) is 1. The fourth-order valence-corrected chi connectivity index (χ4v) is 4.09. The molecule has 1 atom stereocenters. The molecule has 1 heterocycles. The fraction of sp³-hybridized carbons (Fsp3) is 0.375. The van der Waals surface area contributed by atoms with Gasteiger partial charge in [0.25, 0.3) is 5.91 Å². The molecule has 2 aromatic rings. The van der Waals surface area contributed by atoms with E-state index in [-0.39, 0.29) is 30.0 Å². The molecule has 7 nitrogen and oxygen atoms in total. The first-order chi connectivity index (χ1) is 15.4. The molecular weight excluding hydrogens is 428 g/mol. The molecule has 0 saturated heterocycles. The normalized spacial score (nSPS) is 13.7. The van der Waals surface area contributed by atoms with Gasteiger partial charge in [-0.1, -0.05) is 6.92 Å². The van der Waals surface area contributed by atoms with E-state index in [2.05, 4.69) is 5.32 Å². The minimum absolute atomic E-state index is 0.00993. The molecule has 1 unspecified atom stereocenters. The summed E-state index contributed by atoms with van der Waals surface area (Å²) in [6.07, 6.45) is 0.805. The summed E-state index contributed by atoms with van der Waals surface area (Å²) in [7, 11) is 0. The van der Waals surface area contributed by atoms with E-state index in [4.69, 9.17) is 9.47 Å². The summed E-state index contributed by atoms with van der Waals surface area (Å²) in [5, 5.41) is 2.41. The Kier molecular flexibility index (Phi) is 8.16. The van der Waals surface area contributed by atoms with Crippen LogP contribution in [0.3, 0.4) is 0 Å². The molecule has 170 valence electrons. The maximum atomic E-state index is 12.9. The van der Waals surface area contributed by atoms with Crippen LogP contribution in [0.15, 0.2) is 42.5 Å². The Morgan fingerprint density at radius 2 is 1.94 bits per heavy atom. The maximum Gasteiger partial charge on any atom is 0.265 e. The second-order valence-corrected chi connectivity index (χ2v) is 8.67. The molecular formula is C24H28N2O5S. The van der Waals surface area contributed by atoms with Crippen LogP contribution in [0.2, 0.25) is 0 Å². The lowest BCUT2D eigenvalue weighted by Gasteiger charge is -2.29. The third kappa shape index (κ3) is 5.82. The Bertz CT molecular complexity index is 977. The van der Waals surface area contributed by atoms with Crippen LogP contribution in [0, 0.1) is 0 Å². The van der Waals surface area contributed by atoms with Gasteiger partial charge in [0.05, 0.1) is 23.3 Å². The minimum Gasteiger partial charge on any atom is -0.494 e. The summed E-state index contributed by atoms with van der Waals surface area (Å²) in [6, 6.07) is 12.3. The van der Waals surface area contributed by atoms with Crippen LogP contribution in [0.1, 0.15) is 37.6 Å². The molecule has 2 amide bonds. The monoisotopic (exact) mass is 456 g/mol. The van der Waals surface area contributed by atoms with Crippen LogP contribution < -0.4 is 19.7 Å². The van der Waals surface area contributed by atoms with Crippen molar-refractivity contribution in [2.75, 3.05) is 35.7 Å². The first kappa shape index (κ1) is 23.7. The SMILES string of the molecule is CCCN1C(=O)COc2ccc(C(=O)C(C)SCC(=O)Nc3ccc(OCC)cc3)cc21. The average Bonchev–Trinajstić information content (AvgIpc) is 2.80. The molecule has 1 N–H and O–H groups in total. The van der Waals surface area contributed by atoms with E-state index in [1.165, 1.54) is 11.8 Å². The third-order valence-corrected chi connectivity index (χ3v) is 6.06. The number of benzene rings is 2. The van der Waals surface area contributed by atoms with Gasteiger partial charge in [-0.2, -0.15) is 0 Å². The van der Waals surface area contributed by atoms with E-state index in [0.717, 1.165) is 12.2 Å². The number of nitrogens with zero attached hydrogens (tertiary/aromatic N) is 1. The van der Waals surface area contributed by atoms with Crippen molar-refractivity contribution in [3.05, 3.63) is 48.0 Å². The van der Waals surface area contributed by atoms with E-state index in [1.54, 1.807) is 54.3 Å². The standard InChI is InChI=1S/C24H28N2O5S/c1-4-12-26-20-13-17(6-11-21(20)31-14-23(26)28)24(29)16(3)32-15-22(27)25-18-7-9-19(10-8-18)30-5-2/h6-11,13,16H,4-5,12,14-15H2,1-3H3,(H,25,27). The zero-order valence-corrected chi connectivity index (χ0v) is 19.4. The maximum absolute atomic E-state index is 12.9. The van der Waals surface area contributed by atoms with Crippen LogP contribution in [-0.2, 0) is 9.59 Å². The summed E-state index contributed by atoms with van der Waals surface area (Å²) >= 11 is 1.27. The number of ether oxygens (including phenoxy) is 2. The van der Waals surface area contributed by atoms with Gasteiger partial charge >= 0.3 is 0 Å². The first-order valence-electron chi connectivity index (χ1n) is 10.7. The van der Waals surface area contributed by atoms with Crippen LogP contribution in [0.5, 0.6) is 11.5 Å². The summed E-state index contributed by atoms with van der Waals surface area (Å²) in [5.41, 5.74) is 1.79. The molecule has 0 aromatic heterocycles. The quantitative estimate of drug-likeness (QED) is 0.541. The highest BCUT2D eigenvalue weighted by atomic mass is 32.2.